The van der Waals surface area contributed by atoms with E-state index in [1.807, 2.05) is 59.1 Å². The predicted octanol–water partition coefficient (Wildman–Crippen LogP) is 3.69. The molecule has 1 aromatic carbocycles. The summed E-state index contributed by atoms with van der Waals surface area (Å²) in [5.74, 6) is -0.0582. The van der Waals surface area contributed by atoms with Gasteiger partial charge in [-0.2, -0.15) is 0 Å². The van der Waals surface area contributed by atoms with E-state index < -0.39 is 0 Å². The maximum Gasteiger partial charge on any atom is 0.276 e. The summed E-state index contributed by atoms with van der Waals surface area (Å²) in [6, 6.07) is 15.7. The van der Waals surface area contributed by atoms with Gasteiger partial charge in [-0.05, 0) is 74.7 Å². The summed E-state index contributed by atoms with van der Waals surface area (Å²) < 4.78 is 3.57. The van der Waals surface area contributed by atoms with E-state index in [1.165, 1.54) is 25.8 Å². The monoisotopic (exact) mass is 457 g/mol. The summed E-state index contributed by atoms with van der Waals surface area (Å²) in [5.41, 5.74) is 3.64. The van der Waals surface area contributed by atoms with Crippen LogP contribution in [0.15, 0.2) is 65.7 Å². The molecule has 0 spiro atoms. The largest absolute Gasteiger partial charge is 0.352 e. The van der Waals surface area contributed by atoms with Crippen LogP contribution in [0.2, 0.25) is 0 Å². The topological polar surface area (TPSA) is 71.6 Å². The summed E-state index contributed by atoms with van der Waals surface area (Å²) in [5, 5.41) is 3.04. The molecule has 0 unspecified atom stereocenters. The van der Waals surface area contributed by atoms with Gasteiger partial charge < -0.3 is 14.6 Å². The molecule has 0 saturated carbocycles. The summed E-state index contributed by atoms with van der Waals surface area (Å²) in [7, 11) is 0. The fourth-order valence-corrected chi connectivity index (χ4v) is 4.95. The van der Waals surface area contributed by atoms with Crippen LogP contribution >= 0.6 is 0 Å². The van der Waals surface area contributed by atoms with Gasteiger partial charge in [0.2, 0.25) is 0 Å². The molecule has 0 aliphatic carbocycles. The quantitative estimate of drug-likeness (QED) is 0.430. The van der Waals surface area contributed by atoms with Gasteiger partial charge >= 0.3 is 0 Å². The van der Waals surface area contributed by atoms with Crippen molar-refractivity contribution in [2.75, 3.05) is 19.6 Å². The van der Waals surface area contributed by atoms with Gasteiger partial charge in [-0.1, -0.05) is 18.6 Å². The van der Waals surface area contributed by atoms with Gasteiger partial charge in [0.1, 0.15) is 5.52 Å². The first-order valence-corrected chi connectivity index (χ1v) is 12.2. The van der Waals surface area contributed by atoms with Crippen molar-refractivity contribution in [1.82, 2.24) is 24.2 Å². The Bertz CT molecular complexity index is 1360. The average Bonchev–Trinajstić information content (AvgIpc) is 3.36. The Balaban J connectivity index is 1.24. The molecule has 1 saturated heterocycles. The zero-order valence-corrected chi connectivity index (χ0v) is 19.6. The van der Waals surface area contributed by atoms with E-state index in [2.05, 4.69) is 22.1 Å². The molecular weight excluding hydrogens is 426 g/mol. The minimum absolute atomic E-state index is 0.0582. The standard InChI is InChI=1S/C27H31N5O2/c1-20-7-2-3-16-30(20)17-6-15-29-26(33)22-12-10-21(11-13-22)19-32-25-23(8-4-14-28-25)31-18-5-9-24(31)27(32)34/h4-5,8-14,18,20H,2-3,6-7,15-17,19H2,1H3,(H,29,33)/t20-/m0/s1. The Hall–Kier alpha value is -3.45. The number of fused-ring (bicyclic) bond motifs is 3. The number of carbonyl (C=O) groups excluding carboxylic acids is 1. The van der Waals surface area contributed by atoms with Crippen LogP contribution in [-0.2, 0) is 6.54 Å². The lowest BCUT2D eigenvalue weighted by Crippen LogP contribution is -2.39. The van der Waals surface area contributed by atoms with Crippen molar-refractivity contribution >= 4 is 22.6 Å². The molecule has 3 aromatic heterocycles. The summed E-state index contributed by atoms with van der Waals surface area (Å²) in [6.45, 7) is 5.56. The van der Waals surface area contributed by atoms with Crippen molar-refractivity contribution in [3.63, 3.8) is 0 Å². The first-order valence-electron chi connectivity index (χ1n) is 12.2. The second-order valence-corrected chi connectivity index (χ2v) is 9.19. The molecule has 34 heavy (non-hydrogen) atoms. The van der Waals surface area contributed by atoms with Crippen LogP contribution in [0.25, 0.3) is 16.7 Å². The Kier molecular flexibility index (Phi) is 6.45. The SMILES string of the molecule is C[C@H]1CCCCN1CCCNC(=O)c1ccc(Cn2c(=O)c3cccn3c3cccnc32)cc1. The first-order chi connectivity index (χ1) is 16.6. The summed E-state index contributed by atoms with van der Waals surface area (Å²) >= 11 is 0. The number of hydrogen-bond donors (Lipinski definition) is 1. The lowest BCUT2D eigenvalue weighted by Gasteiger charge is -2.33. The maximum absolute atomic E-state index is 13.1. The zero-order chi connectivity index (χ0) is 23.5. The summed E-state index contributed by atoms with van der Waals surface area (Å²) in [4.78, 5) is 32.7. The van der Waals surface area contributed by atoms with Gasteiger partial charge in [0.25, 0.3) is 11.5 Å². The Morgan fingerprint density at radius 3 is 2.74 bits per heavy atom. The van der Waals surface area contributed by atoms with E-state index in [0.29, 0.717) is 35.9 Å². The van der Waals surface area contributed by atoms with E-state index >= 15 is 0 Å². The molecule has 7 heteroatoms. The first kappa shape index (κ1) is 22.3. The van der Waals surface area contributed by atoms with E-state index in [9.17, 15) is 9.59 Å². The van der Waals surface area contributed by atoms with Crippen molar-refractivity contribution in [1.29, 1.82) is 0 Å². The van der Waals surface area contributed by atoms with Crippen molar-refractivity contribution < 1.29 is 4.79 Å². The highest BCUT2D eigenvalue weighted by atomic mass is 16.1. The fourth-order valence-electron chi connectivity index (χ4n) is 4.95. The predicted molar refractivity (Wildman–Crippen MR) is 134 cm³/mol. The van der Waals surface area contributed by atoms with E-state index in [-0.39, 0.29) is 11.5 Å². The summed E-state index contributed by atoms with van der Waals surface area (Å²) in [6.07, 6.45) is 8.42. The van der Waals surface area contributed by atoms with E-state index in [1.54, 1.807) is 10.8 Å². The van der Waals surface area contributed by atoms with Crippen LogP contribution < -0.4 is 10.9 Å². The molecule has 1 atom stereocenters. The molecule has 7 nitrogen and oxygen atoms in total. The van der Waals surface area contributed by atoms with Crippen molar-refractivity contribution in [3.8, 4) is 0 Å². The highest BCUT2D eigenvalue weighted by Crippen LogP contribution is 2.17. The van der Waals surface area contributed by atoms with Gasteiger partial charge in [0.05, 0.1) is 12.1 Å². The van der Waals surface area contributed by atoms with Crippen LogP contribution in [0.1, 0.15) is 48.5 Å². The molecule has 0 bridgehead atoms. The molecule has 5 rings (SSSR count). The third-order valence-corrected chi connectivity index (χ3v) is 6.90. The number of amides is 1. The van der Waals surface area contributed by atoms with Crippen molar-refractivity contribution in [2.45, 2.75) is 45.2 Å². The maximum atomic E-state index is 13.1. The van der Waals surface area contributed by atoms with Crippen LogP contribution in [0.3, 0.4) is 0 Å². The fraction of sp³-hybridized carbons (Fsp3) is 0.370. The number of nitrogens with zero attached hydrogens (tertiary/aromatic N) is 4. The van der Waals surface area contributed by atoms with Gasteiger partial charge in [-0.15, -0.1) is 0 Å². The number of piperidine rings is 1. The Labute approximate surface area is 199 Å². The van der Waals surface area contributed by atoms with Crippen LogP contribution in [0.4, 0.5) is 0 Å². The number of rotatable bonds is 7. The number of pyridine rings is 1. The average molecular weight is 458 g/mol. The van der Waals surface area contributed by atoms with Crippen LogP contribution in [-0.4, -0.2) is 50.4 Å². The lowest BCUT2D eigenvalue weighted by atomic mass is 10.0. The highest BCUT2D eigenvalue weighted by Gasteiger charge is 2.17. The number of aromatic nitrogens is 3. The molecule has 1 aliphatic rings. The third-order valence-electron chi connectivity index (χ3n) is 6.90. The van der Waals surface area contributed by atoms with Gasteiger partial charge in [0.15, 0.2) is 5.65 Å². The second-order valence-electron chi connectivity index (χ2n) is 9.19. The minimum atomic E-state index is -0.0824. The highest BCUT2D eigenvalue weighted by molar-refractivity contribution is 5.94. The van der Waals surface area contributed by atoms with Crippen molar-refractivity contribution in [3.05, 3.63) is 82.4 Å². The third kappa shape index (κ3) is 4.48. The lowest BCUT2D eigenvalue weighted by molar-refractivity contribution is 0.0949. The van der Waals surface area contributed by atoms with Gasteiger partial charge in [0, 0.05) is 37.1 Å². The molecule has 1 fully saturated rings. The normalized spacial score (nSPS) is 16.8. The Morgan fingerprint density at radius 1 is 1.09 bits per heavy atom. The minimum Gasteiger partial charge on any atom is -0.352 e. The molecule has 4 aromatic rings. The molecule has 1 N–H and O–H groups in total. The number of carbonyl (C=O) groups is 1. The van der Waals surface area contributed by atoms with E-state index in [0.717, 1.165) is 24.0 Å². The molecule has 1 amide bonds. The molecular formula is C27H31N5O2. The molecule has 0 radical (unpaired) electrons. The molecule has 4 heterocycles. The Morgan fingerprint density at radius 2 is 1.91 bits per heavy atom. The van der Waals surface area contributed by atoms with Crippen LogP contribution in [0.5, 0.6) is 0 Å². The van der Waals surface area contributed by atoms with E-state index in [4.69, 9.17) is 0 Å². The smallest absolute Gasteiger partial charge is 0.276 e. The number of likely N-dealkylation sites (tertiary alicyclic amines) is 1. The van der Waals surface area contributed by atoms with Crippen LogP contribution in [0, 0.1) is 0 Å². The number of benzene rings is 1. The number of nitrogens with one attached hydrogen (secondary N) is 1. The zero-order valence-electron chi connectivity index (χ0n) is 19.6. The van der Waals surface area contributed by atoms with Crippen molar-refractivity contribution in [2.24, 2.45) is 0 Å². The molecule has 1 aliphatic heterocycles. The van der Waals surface area contributed by atoms with Gasteiger partial charge in [-0.3, -0.25) is 14.2 Å². The number of hydrogen-bond acceptors (Lipinski definition) is 4. The second kappa shape index (κ2) is 9.81. The molecule has 176 valence electrons. The van der Waals surface area contributed by atoms with Gasteiger partial charge in [-0.25, -0.2) is 4.98 Å².